The van der Waals surface area contributed by atoms with Crippen LogP contribution in [-0.4, -0.2) is 19.5 Å². The number of para-hydroxylation sites is 1. The summed E-state index contributed by atoms with van der Waals surface area (Å²) in [5.41, 5.74) is 4.95. The normalized spacial score (nSPS) is 13.6. The van der Waals surface area contributed by atoms with Crippen LogP contribution in [0.25, 0.3) is 104 Å². The summed E-state index contributed by atoms with van der Waals surface area (Å²) in [7, 11) is 0. The summed E-state index contributed by atoms with van der Waals surface area (Å²) in [4.78, 5) is 15.3. The van der Waals surface area contributed by atoms with E-state index in [1.165, 1.54) is 24.3 Å². The summed E-state index contributed by atoms with van der Waals surface area (Å²) in [6.45, 7) is 0. The molecule has 262 valence electrons. The van der Waals surface area contributed by atoms with Crippen molar-refractivity contribution in [2.75, 3.05) is 0 Å². The number of nitrogens with zero attached hydrogens (tertiary/aromatic N) is 4. The summed E-state index contributed by atoms with van der Waals surface area (Å²) >= 11 is 1.71. The summed E-state index contributed by atoms with van der Waals surface area (Å²) in [5, 5.41) is 2.54. The van der Waals surface area contributed by atoms with Crippen LogP contribution in [-0.2, 0) is 0 Å². The average Bonchev–Trinajstić information content (AvgIpc) is 3.88. The number of aromatic nitrogens is 4. The minimum Gasteiger partial charge on any atom is -0.309 e. The fourth-order valence-corrected chi connectivity index (χ4v) is 8.67. The van der Waals surface area contributed by atoms with Crippen molar-refractivity contribution in [1.29, 1.82) is 0 Å². The van der Waals surface area contributed by atoms with Crippen molar-refractivity contribution in [3.05, 3.63) is 194 Å². The lowest BCUT2D eigenvalue weighted by Gasteiger charge is -2.16. The molecule has 0 spiro atoms. The van der Waals surface area contributed by atoms with Gasteiger partial charge < -0.3 is 4.57 Å². The van der Waals surface area contributed by atoms with Gasteiger partial charge in [-0.2, -0.15) is 0 Å². The molecule has 0 saturated heterocycles. The van der Waals surface area contributed by atoms with Crippen LogP contribution >= 0.6 is 11.3 Å². The van der Waals surface area contributed by atoms with Crippen LogP contribution in [0.15, 0.2) is 194 Å². The van der Waals surface area contributed by atoms with E-state index in [2.05, 4.69) is 24.3 Å². The van der Waals surface area contributed by atoms with Crippen LogP contribution < -0.4 is 0 Å². The maximum absolute atomic E-state index is 9.70. The maximum Gasteiger partial charge on any atom is 0.166 e. The van der Waals surface area contributed by atoms with Crippen LogP contribution in [0.4, 0.5) is 0 Å². The van der Waals surface area contributed by atoms with E-state index in [0.29, 0.717) is 28.7 Å². The van der Waals surface area contributed by atoms with E-state index in [1.807, 2.05) is 97.1 Å². The van der Waals surface area contributed by atoms with Gasteiger partial charge in [0.1, 0.15) is 0 Å². The molecule has 0 atom stereocenters. The monoisotopic (exact) mass is 740 g/mol. The first-order chi connectivity index (χ1) is 31.0. The van der Waals surface area contributed by atoms with E-state index in [4.69, 9.17) is 20.4 Å². The lowest BCUT2D eigenvalue weighted by Crippen LogP contribution is -2.04. The molecule has 0 bridgehead atoms. The summed E-state index contributed by atoms with van der Waals surface area (Å²) in [6, 6.07) is 43.9. The van der Waals surface area contributed by atoms with Crippen molar-refractivity contribution in [2.24, 2.45) is 0 Å². The molecule has 0 amide bonds. The second-order valence-corrected chi connectivity index (χ2v) is 14.4. The van der Waals surface area contributed by atoms with E-state index < -0.39 is 0 Å². The quantitative estimate of drug-likeness (QED) is 0.170. The van der Waals surface area contributed by atoms with Crippen LogP contribution in [0.3, 0.4) is 0 Å². The highest BCUT2D eigenvalue weighted by Crippen LogP contribution is 2.43. The molecule has 3 heterocycles. The lowest BCUT2D eigenvalue weighted by atomic mass is 9.99. The van der Waals surface area contributed by atoms with Crippen LogP contribution in [0.5, 0.6) is 0 Å². The van der Waals surface area contributed by atoms with E-state index >= 15 is 0 Å². The highest BCUT2D eigenvalue weighted by atomic mass is 32.1. The Morgan fingerprint density at radius 3 is 1.89 bits per heavy atom. The molecule has 5 heteroatoms. The molecule has 56 heavy (non-hydrogen) atoms. The van der Waals surface area contributed by atoms with E-state index in [1.54, 1.807) is 15.9 Å². The number of rotatable bonds is 6. The van der Waals surface area contributed by atoms with Crippen LogP contribution in [0.2, 0.25) is 0 Å². The Kier molecular flexibility index (Phi) is 5.92. The van der Waals surface area contributed by atoms with E-state index in [-0.39, 0.29) is 81.3 Å². The molecule has 8 aromatic carbocycles. The van der Waals surface area contributed by atoms with Crippen molar-refractivity contribution in [3.63, 3.8) is 0 Å². The fourth-order valence-electron chi connectivity index (χ4n) is 7.44. The molecule has 0 aliphatic rings. The Hall–Kier alpha value is -7.21. The van der Waals surface area contributed by atoms with Gasteiger partial charge in [-0.15, -0.1) is 11.3 Å². The van der Waals surface area contributed by atoms with Gasteiger partial charge in [-0.25, -0.2) is 15.0 Å². The summed E-state index contributed by atoms with van der Waals surface area (Å²) in [6.07, 6.45) is 0. The smallest absolute Gasteiger partial charge is 0.166 e. The van der Waals surface area contributed by atoms with Crippen molar-refractivity contribution in [3.8, 4) is 62.1 Å². The number of benzene rings is 8. The van der Waals surface area contributed by atoms with E-state index in [0.717, 1.165) is 42.4 Å². The maximum atomic E-state index is 9.70. The molecular weight excluding hydrogens is 701 g/mol. The Morgan fingerprint density at radius 2 is 1.11 bits per heavy atom. The molecule has 4 nitrogen and oxygen atoms in total. The van der Waals surface area contributed by atoms with Crippen LogP contribution in [0, 0.1) is 0 Å². The molecular formula is C51H32N4S. The van der Waals surface area contributed by atoms with Gasteiger partial charge in [0, 0.05) is 47.6 Å². The first-order valence-electron chi connectivity index (χ1n) is 22.1. The third-order valence-corrected chi connectivity index (χ3v) is 11.2. The minimum absolute atomic E-state index is 0.0241. The zero-order valence-electron chi connectivity index (χ0n) is 37.6. The average molecular weight is 741 g/mol. The highest BCUT2D eigenvalue weighted by Gasteiger charge is 2.21. The number of thiophene rings is 1. The van der Waals surface area contributed by atoms with Gasteiger partial charge in [0.05, 0.1) is 27.7 Å². The topological polar surface area (TPSA) is 43.6 Å². The lowest BCUT2D eigenvalue weighted by molar-refractivity contribution is 1.06. The Bertz CT molecular complexity index is 3640. The third kappa shape index (κ3) is 5.40. The molecule has 11 aromatic rings. The Balaban J connectivity index is 1.28. The molecule has 11 rings (SSSR count). The van der Waals surface area contributed by atoms with Crippen molar-refractivity contribution >= 4 is 53.3 Å². The molecule has 0 aliphatic carbocycles. The number of fused-ring (bicyclic) bond motifs is 6. The standard InChI is InChI=1S/C51H32N4S/c1-4-15-33(16-5-1)36-27-29-45-42(31-36)39-21-10-12-25-44(39)55(45)46-30-28-37(38-23-14-24-41-40-22-11-13-26-47(40)56-48(38)41)32-43(46)51-53-49(34-17-6-2-7-18-34)52-50(54-51)35-19-8-3-9-20-35/h1-32H/i1D,10D,15D,16D,21D,25D,29D,31D. The Morgan fingerprint density at radius 1 is 0.429 bits per heavy atom. The van der Waals surface area contributed by atoms with Gasteiger partial charge >= 0.3 is 0 Å². The molecule has 0 fully saturated rings. The van der Waals surface area contributed by atoms with Crippen LogP contribution in [0.1, 0.15) is 11.0 Å². The van der Waals surface area contributed by atoms with Crippen molar-refractivity contribution in [2.45, 2.75) is 0 Å². The second-order valence-electron chi connectivity index (χ2n) is 13.3. The summed E-state index contributed by atoms with van der Waals surface area (Å²) in [5.74, 6) is 1.16. The first-order valence-corrected chi connectivity index (χ1v) is 18.9. The zero-order valence-corrected chi connectivity index (χ0v) is 30.4. The SMILES string of the molecule is [2H]c1cc([2H])c(-c2cc([2H])c3c(c2[2H])c2c([2H])c([2H])cc([2H])c2n3-c2ccc(-c3cccc4c3sc3ccccc34)cc2-c2nc(-c3ccccc3)nc(-c3ccccc3)n2)c([2H])c1. The predicted octanol–water partition coefficient (Wildman–Crippen LogP) is 13.7. The predicted molar refractivity (Wildman–Crippen MR) is 234 cm³/mol. The van der Waals surface area contributed by atoms with Gasteiger partial charge in [0.2, 0.25) is 0 Å². The zero-order chi connectivity index (χ0) is 44.0. The minimum atomic E-state index is -0.231. The summed E-state index contributed by atoms with van der Waals surface area (Å²) < 4.78 is 76.3. The molecule has 3 aromatic heterocycles. The molecule has 0 unspecified atom stereocenters. The fraction of sp³-hybridized carbons (Fsp3) is 0. The number of hydrogen-bond donors (Lipinski definition) is 0. The molecule has 0 radical (unpaired) electrons. The van der Waals surface area contributed by atoms with Crippen molar-refractivity contribution < 1.29 is 11.0 Å². The van der Waals surface area contributed by atoms with Gasteiger partial charge in [-0.1, -0.05) is 158 Å². The van der Waals surface area contributed by atoms with Crippen molar-refractivity contribution in [1.82, 2.24) is 19.5 Å². The Labute approximate surface area is 338 Å². The second kappa shape index (κ2) is 13.3. The first kappa shape index (κ1) is 25.0. The highest BCUT2D eigenvalue weighted by molar-refractivity contribution is 7.26. The van der Waals surface area contributed by atoms with Gasteiger partial charge in [0.25, 0.3) is 0 Å². The third-order valence-electron chi connectivity index (χ3n) is 10.0. The largest absolute Gasteiger partial charge is 0.309 e. The van der Waals surface area contributed by atoms with Gasteiger partial charge in [-0.3, -0.25) is 0 Å². The van der Waals surface area contributed by atoms with Gasteiger partial charge in [0.15, 0.2) is 17.5 Å². The molecule has 0 aliphatic heterocycles. The molecule has 0 saturated carbocycles. The van der Waals surface area contributed by atoms with Gasteiger partial charge in [-0.05, 0) is 58.6 Å². The molecule has 0 N–H and O–H groups in total. The number of hydrogen-bond acceptors (Lipinski definition) is 4. The van der Waals surface area contributed by atoms with E-state index in [9.17, 15) is 5.48 Å².